The molecule has 10 nitrogen and oxygen atoms in total. The number of nitrogens with zero attached hydrogens (tertiary/aromatic N) is 2. The maximum atomic E-state index is 13.0. The number of benzene rings is 1. The van der Waals surface area contributed by atoms with Crippen molar-refractivity contribution in [3.8, 4) is 0 Å². The van der Waals surface area contributed by atoms with E-state index >= 15 is 0 Å². The third-order valence-corrected chi connectivity index (χ3v) is 6.55. The van der Waals surface area contributed by atoms with Gasteiger partial charge in [0.05, 0.1) is 6.26 Å². The molecule has 1 saturated heterocycles. The van der Waals surface area contributed by atoms with Gasteiger partial charge in [0.2, 0.25) is 27.7 Å². The van der Waals surface area contributed by atoms with Gasteiger partial charge in [-0.05, 0) is 11.6 Å². The molecule has 4 N–H and O–H groups in total. The van der Waals surface area contributed by atoms with Crippen LogP contribution in [0.5, 0.6) is 0 Å². The molecule has 1 aliphatic heterocycles. The molecule has 3 amide bonds. The maximum absolute atomic E-state index is 13.0. The predicted molar refractivity (Wildman–Crippen MR) is 111 cm³/mol. The lowest BCUT2D eigenvalue weighted by Gasteiger charge is -2.39. The molecule has 2 unspecified atom stereocenters. The molecule has 1 aromatic carbocycles. The highest BCUT2D eigenvalue weighted by molar-refractivity contribution is 7.88. The number of nitrogens with one attached hydrogen (secondary N) is 2. The van der Waals surface area contributed by atoms with Gasteiger partial charge in [-0.15, -0.1) is 0 Å². The molecule has 11 heteroatoms. The summed E-state index contributed by atoms with van der Waals surface area (Å²) in [7, 11) is -3.53. The molecular formula is C19H25N5O5S. The van der Waals surface area contributed by atoms with Gasteiger partial charge in [-0.1, -0.05) is 18.2 Å². The summed E-state index contributed by atoms with van der Waals surface area (Å²) in [6, 6.07) is 5.47. The van der Waals surface area contributed by atoms with E-state index in [9.17, 15) is 22.8 Å². The first-order chi connectivity index (χ1) is 14.1. The average Bonchev–Trinajstić information content (AvgIpc) is 3.09. The second-order valence-electron chi connectivity index (χ2n) is 7.38. The number of nitrogens with two attached hydrogens (primary N) is 1. The summed E-state index contributed by atoms with van der Waals surface area (Å²) in [5.74, 6) is -1.70. The number of sulfonamides is 1. The lowest BCUT2D eigenvalue weighted by Crippen LogP contribution is -2.62. The Morgan fingerprint density at radius 1 is 1.27 bits per heavy atom. The highest BCUT2D eigenvalue weighted by atomic mass is 32.2. The standard InChI is InChI=1S/C19H25N5O5S/c1-12(25)24-8-7-23(30(2,28)29)11-17(24)19(27)22-16(18(20)26)9-13-10-21-15-6-4-3-5-14(13)15/h3-6,10,16-17,21H,7-9,11H2,1-2H3,(H2,20,26)(H,22,27). The Morgan fingerprint density at radius 3 is 2.60 bits per heavy atom. The Hall–Kier alpha value is -2.92. The minimum atomic E-state index is -3.53. The second-order valence-corrected chi connectivity index (χ2v) is 9.36. The Bertz CT molecular complexity index is 1080. The number of aromatic amines is 1. The summed E-state index contributed by atoms with van der Waals surface area (Å²) in [5, 5.41) is 3.51. The van der Waals surface area contributed by atoms with E-state index in [0.29, 0.717) is 0 Å². The van der Waals surface area contributed by atoms with Crippen molar-refractivity contribution >= 4 is 38.6 Å². The molecule has 0 aliphatic carbocycles. The average molecular weight is 436 g/mol. The summed E-state index contributed by atoms with van der Waals surface area (Å²) >= 11 is 0. The summed E-state index contributed by atoms with van der Waals surface area (Å²) in [4.78, 5) is 41.4. The molecule has 2 atom stereocenters. The SMILES string of the molecule is CC(=O)N1CCN(S(C)(=O)=O)CC1C(=O)NC(Cc1c[nH]c2ccccc12)C(N)=O. The third-order valence-electron chi connectivity index (χ3n) is 5.28. The number of carbonyl (C=O) groups excluding carboxylic acids is 3. The van der Waals surface area contributed by atoms with Crippen LogP contribution >= 0.6 is 0 Å². The van der Waals surface area contributed by atoms with Crippen molar-refractivity contribution in [3.63, 3.8) is 0 Å². The molecule has 2 heterocycles. The number of fused-ring (bicyclic) bond motifs is 1. The summed E-state index contributed by atoms with van der Waals surface area (Å²) in [6.45, 7) is 1.33. The number of para-hydroxylation sites is 1. The monoisotopic (exact) mass is 435 g/mol. The largest absolute Gasteiger partial charge is 0.368 e. The fourth-order valence-corrected chi connectivity index (χ4v) is 4.50. The minimum absolute atomic E-state index is 0.0875. The summed E-state index contributed by atoms with van der Waals surface area (Å²) in [6.07, 6.45) is 2.96. The van der Waals surface area contributed by atoms with Gasteiger partial charge in [-0.3, -0.25) is 14.4 Å². The quantitative estimate of drug-likeness (QED) is 0.542. The molecule has 0 saturated carbocycles. The fraction of sp³-hybridized carbons (Fsp3) is 0.421. The zero-order valence-corrected chi connectivity index (χ0v) is 17.6. The Kier molecular flexibility index (Phi) is 6.13. The molecular weight excluding hydrogens is 410 g/mol. The van der Waals surface area contributed by atoms with E-state index in [2.05, 4.69) is 10.3 Å². The molecule has 162 valence electrons. The first kappa shape index (κ1) is 21.8. The Balaban J connectivity index is 1.80. The van der Waals surface area contributed by atoms with Crippen molar-refractivity contribution in [1.82, 2.24) is 19.5 Å². The number of rotatable bonds is 6. The van der Waals surface area contributed by atoms with Crippen LogP contribution in [0.15, 0.2) is 30.5 Å². The molecule has 1 aromatic heterocycles. The van der Waals surface area contributed by atoms with Crippen molar-refractivity contribution in [1.29, 1.82) is 0 Å². The normalized spacial score (nSPS) is 18.9. The number of hydrogen-bond acceptors (Lipinski definition) is 5. The number of carbonyl (C=O) groups is 3. The smallest absolute Gasteiger partial charge is 0.244 e. The molecule has 0 bridgehead atoms. The van der Waals surface area contributed by atoms with Crippen molar-refractivity contribution in [2.45, 2.75) is 25.4 Å². The van der Waals surface area contributed by atoms with Crippen LogP contribution in [0.25, 0.3) is 10.9 Å². The van der Waals surface area contributed by atoms with E-state index in [-0.39, 0.29) is 32.0 Å². The third kappa shape index (κ3) is 4.62. The van der Waals surface area contributed by atoms with Crippen LogP contribution in [-0.4, -0.2) is 78.3 Å². The van der Waals surface area contributed by atoms with Crippen LogP contribution in [0.1, 0.15) is 12.5 Å². The molecule has 2 aromatic rings. The lowest BCUT2D eigenvalue weighted by molar-refractivity contribution is -0.142. The van der Waals surface area contributed by atoms with E-state index in [1.807, 2.05) is 24.3 Å². The van der Waals surface area contributed by atoms with E-state index in [0.717, 1.165) is 27.0 Å². The van der Waals surface area contributed by atoms with Gasteiger partial charge in [0.15, 0.2) is 0 Å². The van der Waals surface area contributed by atoms with Crippen LogP contribution in [-0.2, 0) is 30.8 Å². The van der Waals surface area contributed by atoms with Gasteiger partial charge >= 0.3 is 0 Å². The van der Waals surface area contributed by atoms with Crippen LogP contribution < -0.4 is 11.1 Å². The topological polar surface area (TPSA) is 146 Å². The summed E-state index contributed by atoms with van der Waals surface area (Å²) in [5.41, 5.74) is 7.21. The molecule has 0 radical (unpaired) electrons. The Labute approximate surface area is 174 Å². The number of primary amides is 1. The molecule has 1 aliphatic rings. The van der Waals surface area contributed by atoms with Crippen molar-refractivity contribution in [3.05, 3.63) is 36.0 Å². The van der Waals surface area contributed by atoms with Gasteiger partial charge in [-0.25, -0.2) is 8.42 Å². The van der Waals surface area contributed by atoms with Crippen molar-refractivity contribution in [2.24, 2.45) is 5.73 Å². The van der Waals surface area contributed by atoms with Gasteiger partial charge in [0.1, 0.15) is 12.1 Å². The summed E-state index contributed by atoms with van der Waals surface area (Å²) < 4.78 is 25.0. The van der Waals surface area contributed by atoms with Crippen molar-refractivity contribution < 1.29 is 22.8 Å². The maximum Gasteiger partial charge on any atom is 0.244 e. The van der Waals surface area contributed by atoms with Gasteiger partial charge in [-0.2, -0.15) is 4.31 Å². The molecule has 1 fully saturated rings. The minimum Gasteiger partial charge on any atom is -0.368 e. The Morgan fingerprint density at radius 2 is 1.97 bits per heavy atom. The van der Waals surface area contributed by atoms with Crippen LogP contribution in [0.2, 0.25) is 0 Å². The van der Waals surface area contributed by atoms with E-state index in [1.165, 1.54) is 11.8 Å². The highest BCUT2D eigenvalue weighted by Crippen LogP contribution is 2.19. The zero-order chi connectivity index (χ0) is 22.1. The first-order valence-electron chi connectivity index (χ1n) is 9.45. The van der Waals surface area contributed by atoms with Crippen molar-refractivity contribution in [2.75, 3.05) is 25.9 Å². The molecule has 0 spiro atoms. The molecule has 3 rings (SSSR count). The van der Waals surface area contributed by atoms with Gasteiger partial charge in [0, 0.05) is 50.1 Å². The van der Waals surface area contributed by atoms with E-state index in [1.54, 1.807) is 6.20 Å². The van der Waals surface area contributed by atoms with E-state index in [4.69, 9.17) is 5.73 Å². The van der Waals surface area contributed by atoms with Crippen LogP contribution in [0.4, 0.5) is 0 Å². The highest BCUT2D eigenvalue weighted by Gasteiger charge is 2.38. The van der Waals surface area contributed by atoms with E-state index < -0.39 is 33.9 Å². The predicted octanol–water partition coefficient (Wildman–Crippen LogP) is -0.827. The second kappa shape index (κ2) is 8.44. The number of aromatic nitrogens is 1. The number of piperazine rings is 1. The van der Waals surface area contributed by atoms with Gasteiger partial charge < -0.3 is 20.9 Å². The van der Waals surface area contributed by atoms with Gasteiger partial charge in [0.25, 0.3) is 0 Å². The lowest BCUT2D eigenvalue weighted by atomic mass is 10.0. The first-order valence-corrected chi connectivity index (χ1v) is 11.3. The number of hydrogen-bond donors (Lipinski definition) is 3. The molecule has 30 heavy (non-hydrogen) atoms. The number of amides is 3. The fourth-order valence-electron chi connectivity index (χ4n) is 3.67. The van der Waals surface area contributed by atoms with Crippen LogP contribution in [0.3, 0.4) is 0 Å². The zero-order valence-electron chi connectivity index (χ0n) is 16.8. The van der Waals surface area contributed by atoms with Crippen LogP contribution in [0, 0.1) is 0 Å². The number of H-pyrrole nitrogens is 1.